The van der Waals surface area contributed by atoms with Gasteiger partial charge in [-0.15, -0.1) is 0 Å². The molecule has 0 aromatic heterocycles. The zero-order valence-electron chi connectivity index (χ0n) is 15.6. The number of carbonyl (C=O) groups is 3. The number of benzene rings is 2. The lowest BCUT2D eigenvalue weighted by Crippen LogP contribution is -2.34. The van der Waals surface area contributed by atoms with Crippen LogP contribution in [0.5, 0.6) is 5.75 Å². The van der Waals surface area contributed by atoms with Gasteiger partial charge < -0.3 is 9.47 Å². The number of methoxy groups -OCH3 is 1. The van der Waals surface area contributed by atoms with Crippen LogP contribution in [0.3, 0.4) is 0 Å². The first-order valence-electron chi connectivity index (χ1n) is 8.19. The molecule has 0 unspecified atom stereocenters. The van der Waals surface area contributed by atoms with Crippen LogP contribution in [-0.4, -0.2) is 30.6 Å². The molecule has 1 amide bonds. The second kappa shape index (κ2) is 8.46. The van der Waals surface area contributed by atoms with E-state index in [0.717, 1.165) is 0 Å². The van der Waals surface area contributed by atoms with Gasteiger partial charge >= 0.3 is 11.9 Å². The van der Waals surface area contributed by atoms with Crippen LogP contribution in [0.4, 0.5) is 0 Å². The van der Waals surface area contributed by atoms with Gasteiger partial charge in [-0.25, -0.2) is 15.1 Å². The topological polar surface area (TPSA) is 90.9 Å². The molecule has 0 aliphatic carbocycles. The summed E-state index contributed by atoms with van der Waals surface area (Å²) in [5, 5.41) is 0. The molecule has 0 saturated heterocycles. The van der Waals surface area contributed by atoms with Crippen molar-refractivity contribution in [2.75, 3.05) is 7.11 Å². The summed E-state index contributed by atoms with van der Waals surface area (Å²) in [6.45, 7) is 5.28. The van der Waals surface area contributed by atoms with Crippen LogP contribution in [0.25, 0.3) is 0 Å². The Kier molecular flexibility index (Phi) is 6.31. The predicted molar refractivity (Wildman–Crippen MR) is 97.5 cm³/mol. The fraction of sp³-hybridized carbons (Fsp3) is 0.250. The van der Waals surface area contributed by atoms with E-state index in [2.05, 4.69) is 10.2 Å². The summed E-state index contributed by atoms with van der Waals surface area (Å²) in [6.07, 6.45) is 0. The Morgan fingerprint density at radius 2 is 1.56 bits per heavy atom. The Bertz CT molecular complexity index is 839. The average molecular weight is 371 g/mol. The number of hydroxylamine groups is 1. The third kappa shape index (κ3) is 5.65. The number of esters is 2. The third-order valence-corrected chi connectivity index (χ3v) is 3.31. The van der Waals surface area contributed by atoms with Gasteiger partial charge in [-0.05, 0) is 51.1 Å². The molecule has 2 aromatic carbocycles. The summed E-state index contributed by atoms with van der Waals surface area (Å²) >= 11 is 0. The Labute approximate surface area is 157 Å². The number of hydrogen-bond acceptors (Lipinski definition) is 6. The minimum atomic E-state index is -0.661. The molecule has 0 bridgehead atoms. The monoisotopic (exact) mass is 371 g/mol. The molecule has 2 rings (SSSR count). The normalized spacial score (nSPS) is 10.8. The number of carbonyl (C=O) groups excluding carboxylic acids is 3. The van der Waals surface area contributed by atoms with Crippen LogP contribution in [-0.2, 0) is 9.57 Å². The lowest BCUT2D eigenvalue weighted by molar-refractivity contribution is -0.0590. The van der Waals surface area contributed by atoms with Gasteiger partial charge in [0.05, 0.1) is 29.4 Å². The van der Waals surface area contributed by atoms with E-state index in [-0.39, 0.29) is 16.9 Å². The van der Waals surface area contributed by atoms with Gasteiger partial charge in [-0.3, -0.25) is 9.63 Å². The van der Waals surface area contributed by atoms with E-state index in [9.17, 15) is 14.4 Å². The van der Waals surface area contributed by atoms with Gasteiger partial charge in [0.2, 0.25) is 0 Å². The highest BCUT2D eigenvalue weighted by atomic mass is 16.7. The smallest absolute Gasteiger partial charge is 0.343 e. The number of rotatable bonds is 5. The predicted octanol–water partition coefficient (Wildman–Crippen LogP) is 3.15. The van der Waals surface area contributed by atoms with Crippen molar-refractivity contribution in [2.45, 2.75) is 26.4 Å². The van der Waals surface area contributed by atoms with Crippen molar-refractivity contribution < 1.29 is 28.7 Å². The molecule has 0 radical (unpaired) electrons. The van der Waals surface area contributed by atoms with Crippen molar-refractivity contribution in [3.05, 3.63) is 65.2 Å². The molecule has 27 heavy (non-hydrogen) atoms. The first-order chi connectivity index (χ1) is 12.7. The molecule has 0 aliphatic heterocycles. The zero-order valence-corrected chi connectivity index (χ0v) is 15.6. The van der Waals surface area contributed by atoms with Gasteiger partial charge in [-0.2, -0.15) is 0 Å². The van der Waals surface area contributed by atoms with E-state index >= 15 is 0 Å². The lowest BCUT2D eigenvalue weighted by Gasteiger charge is -2.19. The standard InChI is InChI=1S/C20H21NO6/c1-20(2,3)27-21-17(22)15-12-14(18(23)25-4)10-11-16(15)26-19(24)13-8-6-5-7-9-13/h5-12H,1-4H3,(H,21,22). The van der Waals surface area contributed by atoms with Crippen LogP contribution in [0.2, 0.25) is 0 Å². The quantitative estimate of drug-likeness (QED) is 0.493. The average Bonchev–Trinajstić information content (AvgIpc) is 2.65. The minimum absolute atomic E-state index is 0.00786. The van der Waals surface area contributed by atoms with E-state index in [0.29, 0.717) is 5.56 Å². The van der Waals surface area contributed by atoms with Crippen LogP contribution >= 0.6 is 0 Å². The van der Waals surface area contributed by atoms with E-state index in [1.54, 1.807) is 51.1 Å². The molecule has 0 atom stereocenters. The highest BCUT2D eigenvalue weighted by Crippen LogP contribution is 2.22. The molecule has 142 valence electrons. The number of amides is 1. The van der Waals surface area contributed by atoms with E-state index in [1.165, 1.54) is 25.3 Å². The zero-order chi connectivity index (χ0) is 20.0. The summed E-state index contributed by atoms with van der Waals surface area (Å²) in [6, 6.07) is 12.4. The van der Waals surface area contributed by atoms with Crippen LogP contribution < -0.4 is 10.2 Å². The Morgan fingerprint density at radius 1 is 0.889 bits per heavy atom. The highest BCUT2D eigenvalue weighted by Gasteiger charge is 2.21. The summed E-state index contributed by atoms with van der Waals surface area (Å²) in [4.78, 5) is 41.8. The maximum absolute atomic E-state index is 12.5. The van der Waals surface area contributed by atoms with E-state index in [4.69, 9.17) is 9.57 Å². The number of ether oxygens (including phenoxy) is 2. The second-order valence-electron chi connectivity index (χ2n) is 6.60. The summed E-state index contributed by atoms with van der Waals surface area (Å²) < 4.78 is 10.0. The van der Waals surface area contributed by atoms with Gasteiger partial charge in [0.15, 0.2) is 0 Å². The van der Waals surface area contributed by atoms with Crippen molar-refractivity contribution >= 4 is 17.8 Å². The van der Waals surface area contributed by atoms with Crippen molar-refractivity contribution in [2.24, 2.45) is 0 Å². The van der Waals surface area contributed by atoms with Crippen molar-refractivity contribution in [3.63, 3.8) is 0 Å². The molecule has 0 saturated carbocycles. The maximum Gasteiger partial charge on any atom is 0.343 e. The summed E-state index contributed by atoms with van der Waals surface area (Å²) in [7, 11) is 1.23. The molecule has 0 spiro atoms. The summed E-state index contributed by atoms with van der Waals surface area (Å²) in [5.74, 6) is -1.92. The van der Waals surface area contributed by atoms with Crippen molar-refractivity contribution in [3.8, 4) is 5.75 Å². The van der Waals surface area contributed by atoms with E-state index < -0.39 is 23.4 Å². The fourth-order valence-corrected chi connectivity index (χ4v) is 2.03. The fourth-order valence-electron chi connectivity index (χ4n) is 2.03. The Hall–Kier alpha value is -3.19. The third-order valence-electron chi connectivity index (χ3n) is 3.31. The van der Waals surface area contributed by atoms with Crippen LogP contribution in [0.1, 0.15) is 51.8 Å². The molecule has 7 heteroatoms. The maximum atomic E-state index is 12.5. The Morgan fingerprint density at radius 3 is 2.15 bits per heavy atom. The minimum Gasteiger partial charge on any atom is -0.465 e. The van der Waals surface area contributed by atoms with Crippen LogP contribution in [0, 0.1) is 0 Å². The van der Waals surface area contributed by atoms with E-state index in [1.807, 2.05) is 0 Å². The molecular formula is C20H21NO6. The van der Waals surface area contributed by atoms with Gasteiger partial charge in [0.1, 0.15) is 5.75 Å². The largest absolute Gasteiger partial charge is 0.465 e. The second-order valence-corrected chi connectivity index (χ2v) is 6.60. The molecule has 0 fully saturated rings. The highest BCUT2D eigenvalue weighted by molar-refractivity contribution is 6.01. The lowest BCUT2D eigenvalue weighted by atomic mass is 10.1. The molecular weight excluding hydrogens is 350 g/mol. The summed E-state index contributed by atoms with van der Waals surface area (Å²) in [5.41, 5.74) is 2.09. The first-order valence-corrected chi connectivity index (χ1v) is 8.19. The molecule has 7 nitrogen and oxygen atoms in total. The van der Waals surface area contributed by atoms with Gasteiger partial charge in [-0.1, -0.05) is 18.2 Å². The van der Waals surface area contributed by atoms with Gasteiger partial charge in [0.25, 0.3) is 5.91 Å². The van der Waals surface area contributed by atoms with Crippen molar-refractivity contribution in [1.29, 1.82) is 0 Å². The molecule has 0 aliphatic rings. The number of nitrogens with one attached hydrogen (secondary N) is 1. The Balaban J connectivity index is 2.33. The molecule has 0 heterocycles. The van der Waals surface area contributed by atoms with Crippen LogP contribution in [0.15, 0.2) is 48.5 Å². The number of hydrogen-bond donors (Lipinski definition) is 1. The molecule has 1 N–H and O–H groups in total. The first kappa shape index (κ1) is 20.1. The molecule has 2 aromatic rings. The SMILES string of the molecule is COC(=O)c1ccc(OC(=O)c2ccccc2)c(C(=O)NOC(C)(C)C)c1. The van der Waals surface area contributed by atoms with Gasteiger partial charge in [0, 0.05) is 0 Å². The van der Waals surface area contributed by atoms with Crippen molar-refractivity contribution in [1.82, 2.24) is 5.48 Å².